The standard InChI is InChI=1S/C11H9F2NO2/c1-11(12,13)9-3-2-7(5-10(15)16)4-8(9)6-14/h2-4H,5H2,1H3,(H,15,16). The van der Waals surface area contributed by atoms with Crippen molar-refractivity contribution in [3.05, 3.63) is 34.9 Å². The predicted molar refractivity (Wildman–Crippen MR) is 52.1 cm³/mol. The minimum atomic E-state index is -3.10. The summed E-state index contributed by atoms with van der Waals surface area (Å²) < 4.78 is 26.1. The van der Waals surface area contributed by atoms with Gasteiger partial charge in [-0.25, -0.2) is 8.78 Å². The normalized spacial score (nSPS) is 10.9. The molecule has 0 atom stereocenters. The van der Waals surface area contributed by atoms with Gasteiger partial charge in [0, 0.05) is 12.5 Å². The van der Waals surface area contributed by atoms with E-state index in [1.54, 1.807) is 6.07 Å². The van der Waals surface area contributed by atoms with Crippen LogP contribution >= 0.6 is 0 Å². The minimum Gasteiger partial charge on any atom is -0.481 e. The molecule has 0 bridgehead atoms. The molecule has 16 heavy (non-hydrogen) atoms. The van der Waals surface area contributed by atoms with Crippen molar-refractivity contribution in [3.8, 4) is 6.07 Å². The number of nitriles is 1. The first kappa shape index (κ1) is 12.1. The SMILES string of the molecule is CC(F)(F)c1ccc(CC(=O)O)cc1C#N. The molecule has 1 N–H and O–H groups in total. The van der Waals surface area contributed by atoms with E-state index in [4.69, 9.17) is 10.4 Å². The van der Waals surface area contributed by atoms with Crippen LogP contribution in [0.3, 0.4) is 0 Å². The molecule has 0 unspecified atom stereocenters. The fourth-order valence-corrected chi connectivity index (χ4v) is 1.35. The van der Waals surface area contributed by atoms with E-state index in [0.29, 0.717) is 12.5 Å². The first-order chi connectivity index (χ1) is 7.34. The molecule has 84 valence electrons. The number of alkyl halides is 2. The Balaban J connectivity index is 3.19. The van der Waals surface area contributed by atoms with Gasteiger partial charge in [0.2, 0.25) is 0 Å². The number of carboxylic acids is 1. The summed E-state index contributed by atoms with van der Waals surface area (Å²) in [5, 5.41) is 17.2. The zero-order valence-electron chi connectivity index (χ0n) is 8.50. The van der Waals surface area contributed by atoms with Gasteiger partial charge in [0.15, 0.2) is 0 Å². The Kier molecular flexibility index (Phi) is 3.23. The van der Waals surface area contributed by atoms with Gasteiger partial charge >= 0.3 is 5.97 Å². The number of rotatable bonds is 3. The van der Waals surface area contributed by atoms with E-state index in [1.807, 2.05) is 0 Å². The quantitative estimate of drug-likeness (QED) is 0.858. The molecule has 1 aromatic carbocycles. The van der Waals surface area contributed by atoms with Crippen molar-refractivity contribution < 1.29 is 18.7 Å². The highest BCUT2D eigenvalue weighted by molar-refractivity contribution is 5.70. The van der Waals surface area contributed by atoms with E-state index in [-0.39, 0.29) is 17.5 Å². The van der Waals surface area contributed by atoms with Gasteiger partial charge < -0.3 is 5.11 Å². The van der Waals surface area contributed by atoms with Crippen LogP contribution in [0.5, 0.6) is 0 Å². The van der Waals surface area contributed by atoms with Gasteiger partial charge in [0.05, 0.1) is 18.1 Å². The van der Waals surface area contributed by atoms with Crippen molar-refractivity contribution in [2.24, 2.45) is 0 Å². The van der Waals surface area contributed by atoms with Crippen LogP contribution < -0.4 is 0 Å². The van der Waals surface area contributed by atoms with Gasteiger partial charge in [-0.15, -0.1) is 0 Å². The zero-order valence-corrected chi connectivity index (χ0v) is 8.50. The first-order valence-corrected chi connectivity index (χ1v) is 4.47. The Labute approximate surface area is 90.9 Å². The molecule has 0 saturated carbocycles. The summed E-state index contributed by atoms with van der Waals surface area (Å²) in [7, 11) is 0. The summed E-state index contributed by atoms with van der Waals surface area (Å²) in [5.41, 5.74) is -0.243. The highest BCUT2D eigenvalue weighted by atomic mass is 19.3. The van der Waals surface area contributed by atoms with Crippen molar-refractivity contribution in [2.45, 2.75) is 19.3 Å². The van der Waals surface area contributed by atoms with Crippen LogP contribution in [-0.2, 0) is 17.1 Å². The fraction of sp³-hybridized carbons (Fsp3) is 0.273. The second kappa shape index (κ2) is 4.27. The Hall–Kier alpha value is -1.96. The molecular weight excluding hydrogens is 216 g/mol. The summed E-state index contributed by atoms with van der Waals surface area (Å²) in [4.78, 5) is 10.4. The molecule has 3 nitrogen and oxygen atoms in total. The molecule has 0 heterocycles. The molecule has 0 spiro atoms. The average Bonchev–Trinajstić information content (AvgIpc) is 2.14. The van der Waals surface area contributed by atoms with Crippen LogP contribution in [0.1, 0.15) is 23.6 Å². The molecule has 1 aromatic rings. The Morgan fingerprint density at radius 2 is 2.19 bits per heavy atom. The Morgan fingerprint density at radius 1 is 1.56 bits per heavy atom. The molecule has 5 heteroatoms. The number of aliphatic carboxylic acids is 1. The molecular formula is C11H9F2NO2. The average molecular weight is 225 g/mol. The van der Waals surface area contributed by atoms with Gasteiger partial charge in [0.25, 0.3) is 5.92 Å². The van der Waals surface area contributed by atoms with Gasteiger partial charge in [-0.1, -0.05) is 12.1 Å². The van der Waals surface area contributed by atoms with Crippen molar-refractivity contribution in [3.63, 3.8) is 0 Å². The van der Waals surface area contributed by atoms with E-state index in [1.165, 1.54) is 12.1 Å². The molecule has 0 aliphatic rings. The predicted octanol–water partition coefficient (Wildman–Crippen LogP) is 2.30. The summed E-state index contributed by atoms with van der Waals surface area (Å²) in [5.74, 6) is -4.17. The maximum atomic E-state index is 13.0. The van der Waals surface area contributed by atoms with Crippen LogP contribution in [0.15, 0.2) is 18.2 Å². The largest absolute Gasteiger partial charge is 0.481 e. The lowest BCUT2D eigenvalue weighted by Gasteiger charge is -2.12. The van der Waals surface area contributed by atoms with Crippen LogP contribution in [0.4, 0.5) is 8.78 Å². The molecule has 0 fully saturated rings. The summed E-state index contributed by atoms with van der Waals surface area (Å²) in [6, 6.07) is 5.21. The van der Waals surface area contributed by atoms with Gasteiger partial charge in [-0.2, -0.15) is 5.26 Å². The molecule has 0 aromatic heterocycles. The van der Waals surface area contributed by atoms with E-state index < -0.39 is 11.9 Å². The lowest BCUT2D eigenvalue weighted by atomic mass is 9.99. The second-order valence-corrected chi connectivity index (χ2v) is 3.45. The third kappa shape index (κ3) is 2.76. The molecule has 0 aliphatic heterocycles. The fourth-order valence-electron chi connectivity index (χ4n) is 1.35. The van der Waals surface area contributed by atoms with E-state index >= 15 is 0 Å². The molecule has 0 aliphatic carbocycles. The summed E-state index contributed by atoms with van der Waals surface area (Å²) in [6.45, 7) is 0.694. The first-order valence-electron chi connectivity index (χ1n) is 4.47. The maximum absolute atomic E-state index is 13.0. The van der Waals surface area contributed by atoms with Gasteiger partial charge in [-0.3, -0.25) is 4.79 Å². The van der Waals surface area contributed by atoms with E-state index in [0.717, 1.165) is 6.07 Å². The Morgan fingerprint density at radius 3 is 2.62 bits per heavy atom. The highest BCUT2D eigenvalue weighted by Gasteiger charge is 2.27. The second-order valence-electron chi connectivity index (χ2n) is 3.45. The van der Waals surface area contributed by atoms with Crippen LogP contribution in [0.25, 0.3) is 0 Å². The topological polar surface area (TPSA) is 61.1 Å². The van der Waals surface area contributed by atoms with Crippen LogP contribution in [0, 0.1) is 11.3 Å². The lowest BCUT2D eigenvalue weighted by Crippen LogP contribution is -2.10. The highest BCUT2D eigenvalue weighted by Crippen LogP contribution is 2.30. The van der Waals surface area contributed by atoms with E-state index in [9.17, 15) is 13.6 Å². The number of carboxylic acid groups (broad SMARTS) is 1. The van der Waals surface area contributed by atoms with Crippen molar-refractivity contribution in [1.29, 1.82) is 5.26 Å². The summed E-state index contributed by atoms with van der Waals surface area (Å²) in [6.07, 6.45) is -0.287. The van der Waals surface area contributed by atoms with Crippen LogP contribution in [0.2, 0.25) is 0 Å². The smallest absolute Gasteiger partial charge is 0.307 e. The van der Waals surface area contributed by atoms with Crippen molar-refractivity contribution >= 4 is 5.97 Å². The van der Waals surface area contributed by atoms with Gasteiger partial charge in [-0.05, 0) is 11.6 Å². The van der Waals surface area contributed by atoms with Crippen molar-refractivity contribution in [1.82, 2.24) is 0 Å². The molecule has 0 radical (unpaired) electrons. The third-order valence-corrected chi connectivity index (χ3v) is 2.03. The van der Waals surface area contributed by atoms with Crippen LogP contribution in [-0.4, -0.2) is 11.1 Å². The Bertz CT molecular complexity index is 458. The number of hydrogen-bond acceptors (Lipinski definition) is 2. The number of benzene rings is 1. The number of halogens is 2. The monoisotopic (exact) mass is 225 g/mol. The van der Waals surface area contributed by atoms with E-state index in [2.05, 4.69) is 0 Å². The van der Waals surface area contributed by atoms with Gasteiger partial charge in [0.1, 0.15) is 0 Å². The zero-order chi connectivity index (χ0) is 12.3. The summed E-state index contributed by atoms with van der Waals surface area (Å²) >= 11 is 0. The maximum Gasteiger partial charge on any atom is 0.307 e. The number of nitrogens with zero attached hydrogens (tertiary/aromatic N) is 1. The number of carbonyl (C=O) groups is 1. The lowest BCUT2D eigenvalue weighted by molar-refractivity contribution is -0.136. The molecule has 0 amide bonds. The number of hydrogen-bond donors (Lipinski definition) is 1. The minimum absolute atomic E-state index is 0.189. The third-order valence-electron chi connectivity index (χ3n) is 2.03. The van der Waals surface area contributed by atoms with Crippen molar-refractivity contribution in [2.75, 3.05) is 0 Å². The molecule has 1 rings (SSSR count). The molecule has 0 saturated heterocycles.